The Morgan fingerprint density at radius 2 is 1.42 bits per heavy atom. The molecule has 1 fully saturated rings. The lowest BCUT2D eigenvalue weighted by Crippen LogP contribution is -2.42. The molecule has 0 atom stereocenters. The number of carbonyl (C=O) groups is 1. The number of nitrogens with zero attached hydrogens (tertiary/aromatic N) is 2. The fraction of sp³-hybridized carbons (Fsp3) is 0.345. The van der Waals surface area contributed by atoms with Crippen LogP contribution in [0.15, 0.2) is 89.8 Å². The van der Waals surface area contributed by atoms with Gasteiger partial charge in [-0.1, -0.05) is 60.7 Å². The Kier molecular flexibility index (Phi) is 8.54. The van der Waals surface area contributed by atoms with Crippen LogP contribution in [-0.4, -0.2) is 43.2 Å². The SMILES string of the molecule is CN(C(=O)Cc1ccccc1)C1CCC(CN(Cc2ccc(F)cc2)S(=O)(=O)c2ccccc2)CC1. The van der Waals surface area contributed by atoms with Gasteiger partial charge in [0.2, 0.25) is 15.9 Å². The number of benzene rings is 3. The van der Waals surface area contributed by atoms with Gasteiger partial charge in [-0.05, 0) is 67.0 Å². The van der Waals surface area contributed by atoms with Crippen LogP contribution in [0.4, 0.5) is 4.39 Å². The quantitative estimate of drug-likeness (QED) is 0.395. The molecule has 0 aliphatic heterocycles. The highest BCUT2D eigenvalue weighted by molar-refractivity contribution is 7.89. The van der Waals surface area contributed by atoms with Gasteiger partial charge < -0.3 is 4.90 Å². The molecule has 0 saturated heterocycles. The van der Waals surface area contributed by atoms with Crippen LogP contribution >= 0.6 is 0 Å². The van der Waals surface area contributed by atoms with Crippen molar-refractivity contribution in [3.8, 4) is 0 Å². The standard InChI is InChI=1S/C29H33FN2O3S/c1-31(29(33)20-23-8-4-2-5-9-23)27-18-14-25(15-19-27)22-32(21-24-12-16-26(30)17-13-24)36(34,35)28-10-6-3-7-11-28/h2-13,16-17,25,27H,14-15,18-22H2,1H3. The van der Waals surface area contributed by atoms with Crippen molar-refractivity contribution in [1.29, 1.82) is 0 Å². The molecular formula is C29H33FN2O3S. The predicted molar refractivity (Wildman–Crippen MR) is 139 cm³/mol. The van der Waals surface area contributed by atoms with Crippen molar-refractivity contribution >= 4 is 15.9 Å². The summed E-state index contributed by atoms with van der Waals surface area (Å²) in [6, 6.07) is 24.3. The summed E-state index contributed by atoms with van der Waals surface area (Å²) in [5, 5.41) is 0. The average molecular weight is 509 g/mol. The van der Waals surface area contributed by atoms with E-state index in [9.17, 15) is 17.6 Å². The molecule has 0 bridgehead atoms. The molecule has 3 aromatic rings. The van der Waals surface area contributed by atoms with E-state index in [0.29, 0.717) is 13.0 Å². The first kappa shape index (κ1) is 26.0. The second kappa shape index (κ2) is 11.8. The highest BCUT2D eigenvalue weighted by atomic mass is 32.2. The van der Waals surface area contributed by atoms with Crippen molar-refractivity contribution < 1.29 is 17.6 Å². The highest BCUT2D eigenvalue weighted by Crippen LogP contribution is 2.30. The van der Waals surface area contributed by atoms with Crippen LogP contribution in [0.3, 0.4) is 0 Å². The van der Waals surface area contributed by atoms with Crippen molar-refractivity contribution in [2.75, 3.05) is 13.6 Å². The van der Waals surface area contributed by atoms with Crippen molar-refractivity contribution in [1.82, 2.24) is 9.21 Å². The summed E-state index contributed by atoms with van der Waals surface area (Å²) >= 11 is 0. The third-order valence-corrected chi connectivity index (χ3v) is 8.90. The van der Waals surface area contributed by atoms with E-state index in [-0.39, 0.29) is 35.1 Å². The van der Waals surface area contributed by atoms with Gasteiger partial charge in [-0.2, -0.15) is 4.31 Å². The van der Waals surface area contributed by atoms with Crippen LogP contribution < -0.4 is 0 Å². The maximum atomic E-state index is 13.5. The molecule has 1 aliphatic rings. The Morgan fingerprint density at radius 3 is 2.03 bits per heavy atom. The number of sulfonamides is 1. The average Bonchev–Trinajstić information content (AvgIpc) is 2.90. The fourth-order valence-electron chi connectivity index (χ4n) is 4.88. The largest absolute Gasteiger partial charge is 0.342 e. The van der Waals surface area contributed by atoms with Crippen molar-refractivity contribution in [3.05, 3.63) is 102 Å². The third kappa shape index (κ3) is 6.59. The zero-order valence-electron chi connectivity index (χ0n) is 20.6. The van der Waals surface area contributed by atoms with Crippen molar-refractivity contribution in [3.63, 3.8) is 0 Å². The van der Waals surface area contributed by atoms with Crippen LogP contribution in [0, 0.1) is 11.7 Å². The maximum Gasteiger partial charge on any atom is 0.243 e. The van der Waals surface area contributed by atoms with E-state index in [4.69, 9.17) is 0 Å². The van der Waals surface area contributed by atoms with Crippen molar-refractivity contribution in [2.24, 2.45) is 5.92 Å². The van der Waals surface area contributed by atoms with Crippen LogP contribution in [-0.2, 0) is 27.8 Å². The Bertz CT molecular complexity index is 1230. The summed E-state index contributed by atoms with van der Waals surface area (Å²) in [5.74, 6) is -0.0486. The number of halogens is 1. The Morgan fingerprint density at radius 1 is 0.833 bits per heavy atom. The summed E-state index contributed by atoms with van der Waals surface area (Å²) in [7, 11) is -1.84. The van der Waals surface area contributed by atoms with Gasteiger partial charge in [0.05, 0.1) is 11.3 Å². The Hall–Kier alpha value is -3.03. The predicted octanol–water partition coefficient (Wildman–Crippen LogP) is 5.28. The van der Waals surface area contributed by atoms with Crippen molar-refractivity contribution in [2.45, 2.75) is 49.6 Å². The van der Waals surface area contributed by atoms with E-state index in [1.165, 1.54) is 16.4 Å². The van der Waals surface area contributed by atoms with E-state index in [2.05, 4.69) is 0 Å². The molecule has 7 heteroatoms. The molecule has 5 nitrogen and oxygen atoms in total. The summed E-state index contributed by atoms with van der Waals surface area (Å²) in [4.78, 5) is 14.9. The molecule has 0 N–H and O–H groups in total. The fourth-order valence-corrected chi connectivity index (χ4v) is 6.41. The van der Waals surface area contributed by atoms with E-state index in [0.717, 1.165) is 36.8 Å². The van der Waals surface area contributed by atoms with Gasteiger partial charge in [0, 0.05) is 26.2 Å². The van der Waals surface area contributed by atoms with E-state index in [1.807, 2.05) is 42.3 Å². The molecule has 1 aliphatic carbocycles. The molecule has 190 valence electrons. The molecule has 0 radical (unpaired) electrons. The monoisotopic (exact) mass is 508 g/mol. The second-order valence-corrected chi connectivity index (χ2v) is 11.5. The van der Waals surface area contributed by atoms with Gasteiger partial charge >= 0.3 is 0 Å². The highest BCUT2D eigenvalue weighted by Gasteiger charge is 2.31. The molecule has 3 aromatic carbocycles. The minimum Gasteiger partial charge on any atom is -0.342 e. The number of amides is 1. The summed E-state index contributed by atoms with van der Waals surface area (Å²) in [6.45, 7) is 0.579. The lowest BCUT2D eigenvalue weighted by Gasteiger charge is -2.36. The molecule has 4 rings (SSSR count). The minimum absolute atomic E-state index is 0.106. The topological polar surface area (TPSA) is 57.7 Å². The molecule has 1 saturated carbocycles. The molecule has 0 heterocycles. The zero-order chi connectivity index (χ0) is 25.5. The zero-order valence-corrected chi connectivity index (χ0v) is 21.4. The first-order valence-corrected chi connectivity index (χ1v) is 13.9. The van der Waals surface area contributed by atoms with Gasteiger partial charge in [0.1, 0.15) is 5.82 Å². The van der Waals surface area contributed by atoms with Crippen LogP contribution in [0.5, 0.6) is 0 Å². The Balaban J connectivity index is 1.41. The molecular weight excluding hydrogens is 475 g/mol. The normalized spacial score (nSPS) is 18.2. The molecule has 0 unspecified atom stereocenters. The Labute approximate surface area is 213 Å². The minimum atomic E-state index is -3.71. The van der Waals surface area contributed by atoms with Gasteiger partial charge in [0.25, 0.3) is 0 Å². The maximum absolute atomic E-state index is 13.5. The van der Waals surface area contributed by atoms with Gasteiger partial charge in [-0.25, -0.2) is 12.8 Å². The molecule has 0 spiro atoms. The third-order valence-electron chi connectivity index (χ3n) is 7.07. The lowest BCUT2D eigenvalue weighted by atomic mass is 9.85. The van der Waals surface area contributed by atoms with E-state index >= 15 is 0 Å². The van der Waals surface area contributed by atoms with Gasteiger partial charge in [0.15, 0.2) is 0 Å². The van der Waals surface area contributed by atoms with Gasteiger partial charge in [-0.3, -0.25) is 4.79 Å². The first-order chi connectivity index (χ1) is 17.3. The lowest BCUT2D eigenvalue weighted by molar-refractivity contribution is -0.132. The first-order valence-electron chi connectivity index (χ1n) is 12.4. The smallest absolute Gasteiger partial charge is 0.243 e. The number of rotatable bonds is 9. The van der Waals surface area contributed by atoms with Crippen LogP contribution in [0.2, 0.25) is 0 Å². The molecule has 36 heavy (non-hydrogen) atoms. The molecule has 1 amide bonds. The number of carbonyl (C=O) groups excluding carboxylic acids is 1. The van der Waals surface area contributed by atoms with Crippen LogP contribution in [0.1, 0.15) is 36.8 Å². The summed E-state index contributed by atoms with van der Waals surface area (Å²) in [5.41, 5.74) is 1.75. The number of hydrogen-bond donors (Lipinski definition) is 0. The van der Waals surface area contributed by atoms with Crippen LogP contribution in [0.25, 0.3) is 0 Å². The summed E-state index contributed by atoms with van der Waals surface area (Å²) < 4.78 is 42.0. The second-order valence-electron chi connectivity index (χ2n) is 9.58. The van der Waals surface area contributed by atoms with E-state index in [1.54, 1.807) is 42.5 Å². The number of likely N-dealkylation sites (N-methyl/N-ethyl adjacent to an activating group) is 1. The molecule has 0 aromatic heterocycles. The number of hydrogen-bond acceptors (Lipinski definition) is 3. The van der Waals surface area contributed by atoms with Gasteiger partial charge in [-0.15, -0.1) is 0 Å². The summed E-state index contributed by atoms with van der Waals surface area (Å²) in [6.07, 6.45) is 3.77. The van der Waals surface area contributed by atoms with E-state index < -0.39 is 10.0 Å².